The van der Waals surface area contributed by atoms with E-state index in [0.29, 0.717) is 13.0 Å². The summed E-state index contributed by atoms with van der Waals surface area (Å²) in [7, 11) is 0. The Balaban J connectivity index is 1.96. The fourth-order valence-electron chi connectivity index (χ4n) is 2.11. The molecule has 0 fully saturated rings. The van der Waals surface area contributed by atoms with E-state index in [1.165, 1.54) is 6.07 Å². The van der Waals surface area contributed by atoms with Crippen molar-refractivity contribution >= 4 is 17.7 Å². The molecule has 0 amide bonds. The molecule has 1 atom stereocenters. The molecule has 18 heavy (non-hydrogen) atoms. The van der Waals surface area contributed by atoms with Crippen molar-refractivity contribution in [2.45, 2.75) is 30.2 Å². The molecule has 0 saturated carbocycles. The van der Waals surface area contributed by atoms with Gasteiger partial charge in [0.05, 0.1) is 0 Å². The summed E-state index contributed by atoms with van der Waals surface area (Å²) in [5.41, 5.74) is 1.00. The average molecular weight is 269 g/mol. The smallest absolute Gasteiger partial charge is 0.303 e. The maximum absolute atomic E-state index is 13.6. The molecule has 5 heteroatoms. The largest absolute Gasteiger partial charge is 0.481 e. The van der Waals surface area contributed by atoms with Crippen molar-refractivity contribution < 1.29 is 14.3 Å². The molecule has 0 aliphatic carbocycles. The van der Waals surface area contributed by atoms with Gasteiger partial charge < -0.3 is 10.4 Å². The summed E-state index contributed by atoms with van der Waals surface area (Å²) in [5.74, 6) is -0.0400. The first-order valence-electron chi connectivity index (χ1n) is 6.05. The van der Waals surface area contributed by atoms with Gasteiger partial charge >= 0.3 is 5.97 Å². The molecule has 0 spiro atoms. The topological polar surface area (TPSA) is 49.3 Å². The Morgan fingerprint density at radius 3 is 3.17 bits per heavy atom. The maximum atomic E-state index is 13.6. The van der Waals surface area contributed by atoms with Gasteiger partial charge in [0.15, 0.2) is 0 Å². The van der Waals surface area contributed by atoms with Crippen molar-refractivity contribution in [2.75, 3.05) is 12.3 Å². The molecular weight excluding hydrogens is 253 g/mol. The maximum Gasteiger partial charge on any atom is 0.303 e. The molecular formula is C13H16FNO2S. The summed E-state index contributed by atoms with van der Waals surface area (Å²) >= 11 is 1.55. The minimum Gasteiger partial charge on any atom is -0.481 e. The number of nitrogens with one attached hydrogen (secondary N) is 1. The van der Waals surface area contributed by atoms with Gasteiger partial charge in [-0.3, -0.25) is 4.79 Å². The zero-order valence-electron chi connectivity index (χ0n) is 9.99. The van der Waals surface area contributed by atoms with Gasteiger partial charge in [-0.15, -0.1) is 11.8 Å². The van der Waals surface area contributed by atoms with Gasteiger partial charge in [-0.2, -0.15) is 0 Å². The zero-order valence-corrected chi connectivity index (χ0v) is 10.8. The van der Waals surface area contributed by atoms with E-state index >= 15 is 0 Å². The van der Waals surface area contributed by atoms with E-state index in [-0.39, 0.29) is 18.3 Å². The number of aliphatic carboxylic acids is 1. The standard InChI is InChI=1S/C13H16FNO2S/c14-10-4-1-3-9-11(6-8-18-13(9)10)15-7-2-5-12(16)17/h1,3-4,11,15H,2,5-8H2,(H,16,17). The van der Waals surface area contributed by atoms with Crippen molar-refractivity contribution in [3.05, 3.63) is 29.6 Å². The lowest BCUT2D eigenvalue weighted by Gasteiger charge is -2.26. The number of fused-ring (bicyclic) bond motifs is 1. The molecule has 3 nitrogen and oxygen atoms in total. The summed E-state index contributed by atoms with van der Waals surface area (Å²) in [6, 6.07) is 5.30. The number of rotatable bonds is 5. The second kappa shape index (κ2) is 6.20. The number of thioether (sulfide) groups is 1. The van der Waals surface area contributed by atoms with Crippen molar-refractivity contribution in [1.29, 1.82) is 0 Å². The molecule has 1 aromatic carbocycles. The van der Waals surface area contributed by atoms with Crippen LogP contribution in [0.1, 0.15) is 30.9 Å². The lowest BCUT2D eigenvalue weighted by atomic mass is 10.0. The van der Waals surface area contributed by atoms with Crippen LogP contribution in [0.4, 0.5) is 4.39 Å². The summed E-state index contributed by atoms with van der Waals surface area (Å²) < 4.78 is 13.6. The molecule has 1 aliphatic rings. The van der Waals surface area contributed by atoms with Crippen LogP contribution in [-0.2, 0) is 4.79 Å². The Morgan fingerprint density at radius 1 is 1.56 bits per heavy atom. The predicted octanol–water partition coefficient (Wildman–Crippen LogP) is 2.82. The predicted molar refractivity (Wildman–Crippen MR) is 69.4 cm³/mol. The van der Waals surface area contributed by atoms with Crippen LogP contribution in [0.15, 0.2) is 23.1 Å². The summed E-state index contributed by atoms with van der Waals surface area (Å²) in [5, 5.41) is 11.9. The van der Waals surface area contributed by atoms with Gasteiger partial charge in [0.1, 0.15) is 5.82 Å². The van der Waals surface area contributed by atoms with Crippen LogP contribution in [0.25, 0.3) is 0 Å². The summed E-state index contributed by atoms with van der Waals surface area (Å²) in [4.78, 5) is 11.1. The Bertz CT molecular complexity index is 439. The molecule has 0 saturated heterocycles. The van der Waals surface area contributed by atoms with Crippen molar-refractivity contribution in [2.24, 2.45) is 0 Å². The third kappa shape index (κ3) is 3.23. The van der Waals surface area contributed by atoms with Gasteiger partial charge in [-0.05, 0) is 36.8 Å². The number of carbonyl (C=O) groups is 1. The summed E-state index contributed by atoms with van der Waals surface area (Å²) in [6.45, 7) is 0.650. The molecule has 1 heterocycles. The van der Waals surface area contributed by atoms with E-state index in [4.69, 9.17) is 5.11 Å². The highest BCUT2D eigenvalue weighted by atomic mass is 32.2. The third-order valence-corrected chi connectivity index (χ3v) is 4.14. The van der Waals surface area contributed by atoms with Gasteiger partial charge in [0.25, 0.3) is 0 Å². The molecule has 0 radical (unpaired) electrons. The first kappa shape index (κ1) is 13.4. The molecule has 1 aromatic rings. The SMILES string of the molecule is O=C(O)CCCNC1CCSc2c(F)cccc21. The number of carboxylic acid groups (broad SMARTS) is 1. The van der Waals surface area contributed by atoms with Gasteiger partial charge in [-0.25, -0.2) is 4.39 Å². The van der Waals surface area contributed by atoms with Gasteiger partial charge in [0.2, 0.25) is 0 Å². The molecule has 2 rings (SSSR count). The monoisotopic (exact) mass is 269 g/mol. The lowest BCUT2D eigenvalue weighted by Crippen LogP contribution is -2.26. The number of carboxylic acids is 1. The van der Waals surface area contributed by atoms with Gasteiger partial charge in [-0.1, -0.05) is 12.1 Å². The number of benzene rings is 1. The third-order valence-electron chi connectivity index (χ3n) is 2.98. The molecule has 0 aromatic heterocycles. The van der Waals surface area contributed by atoms with E-state index in [2.05, 4.69) is 5.32 Å². The fraction of sp³-hybridized carbons (Fsp3) is 0.462. The number of hydrogen-bond acceptors (Lipinski definition) is 3. The van der Waals surface area contributed by atoms with E-state index in [1.807, 2.05) is 6.07 Å². The van der Waals surface area contributed by atoms with E-state index < -0.39 is 5.97 Å². The molecule has 1 aliphatic heterocycles. The normalized spacial score (nSPS) is 18.4. The van der Waals surface area contributed by atoms with Crippen LogP contribution >= 0.6 is 11.8 Å². The first-order chi connectivity index (χ1) is 8.68. The Morgan fingerprint density at radius 2 is 2.39 bits per heavy atom. The fourth-order valence-corrected chi connectivity index (χ4v) is 3.26. The van der Waals surface area contributed by atoms with E-state index in [9.17, 15) is 9.18 Å². The van der Waals surface area contributed by atoms with Crippen LogP contribution in [0.5, 0.6) is 0 Å². The molecule has 98 valence electrons. The highest BCUT2D eigenvalue weighted by molar-refractivity contribution is 7.99. The summed E-state index contributed by atoms with van der Waals surface area (Å²) in [6.07, 6.45) is 1.72. The van der Waals surface area contributed by atoms with Crippen LogP contribution in [-0.4, -0.2) is 23.4 Å². The van der Waals surface area contributed by atoms with Crippen LogP contribution in [0, 0.1) is 5.82 Å². The second-order valence-electron chi connectivity index (χ2n) is 4.30. The second-order valence-corrected chi connectivity index (χ2v) is 5.40. The van der Waals surface area contributed by atoms with E-state index in [0.717, 1.165) is 22.6 Å². The minimum atomic E-state index is -0.776. The lowest BCUT2D eigenvalue weighted by molar-refractivity contribution is -0.137. The van der Waals surface area contributed by atoms with Crippen LogP contribution < -0.4 is 5.32 Å². The van der Waals surface area contributed by atoms with Crippen molar-refractivity contribution in [1.82, 2.24) is 5.32 Å². The molecule has 1 unspecified atom stereocenters. The first-order valence-corrected chi connectivity index (χ1v) is 7.03. The highest BCUT2D eigenvalue weighted by Crippen LogP contribution is 2.37. The minimum absolute atomic E-state index is 0.144. The molecule has 2 N–H and O–H groups in total. The quantitative estimate of drug-likeness (QED) is 0.807. The van der Waals surface area contributed by atoms with Crippen molar-refractivity contribution in [3.63, 3.8) is 0 Å². The van der Waals surface area contributed by atoms with E-state index in [1.54, 1.807) is 17.8 Å². The molecule has 0 bridgehead atoms. The Hall–Kier alpha value is -1.07. The zero-order chi connectivity index (χ0) is 13.0. The van der Waals surface area contributed by atoms with Crippen LogP contribution in [0.2, 0.25) is 0 Å². The Kier molecular flexibility index (Phi) is 4.60. The van der Waals surface area contributed by atoms with Gasteiger partial charge in [0, 0.05) is 17.4 Å². The van der Waals surface area contributed by atoms with Crippen molar-refractivity contribution in [3.8, 4) is 0 Å². The highest BCUT2D eigenvalue weighted by Gasteiger charge is 2.22. The number of halogens is 1. The van der Waals surface area contributed by atoms with Crippen LogP contribution in [0.3, 0.4) is 0 Å². The Labute approximate surface area is 110 Å². The number of hydrogen-bond donors (Lipinski definition) is 2. The average Bonchev–Trinajstić information content (AvgIpc) is 2.35.